The number of aliphatic hydroxyl groups excluding tert-OH is 1. The number of halogens is 1. The van der Waals surface area contributed by atoms with Crippen LogP contribution in [0.5, 0.6) is 0 Å². The Morgan fingerprint density at radius 3 is 2.57 bits per heavy atom. The average molecular weight is 315 g/mol. The first-order chi connectivity index (χ1) is 11.1. The summed E-state index contributed by atoms with van der Waals surface area (Å²) in [5.74, 6) is -0.651. The van der Waals surface area contributed by atoms with Crippen molar-refractivity contribution in [2.24, 2.45) is 0 Å². The minimum absolute atomic E-state index is 0.0182. The molecule has 0 bridgehead atoms. The lowest BCUT2D eigenvalue weighted by Gasteiger charge is -2.18. The molecule has 0 fully saturated rings. The monoisotopic (exact) mass is 315 g/mol. The molecule has 3 nitrogen and oxygen atoms in total. The Morgan fingerprint density at radius 2 is 1.91 bits per heavy atom. The standard InChI is InChI=1S/C19H22FNO2/c1-2-17(11-14-7-4-3-5-8-14)21-19(23)13-18(22)15-9-6-10-16(20)12-15/h3-10,12,17-18,22H,2,11,13H2,1H3,(H,21,23). The first-order valence-electron chi connectivity index (χ1n) is 7.85. The summed E-state index contributed by atoms with van der Waals surface area (Å²) in [5, 5.41) is 13.0. The molecule has 0 heterocycles. The summed E-state index contributed by atoms with van der Waals surface area (Å²) in [4.78, 5) is 12.1. The molecule has 0 aliphatic rings. The van der Waals surface area contributed by atoms with Gasteiger partial charge in [0.05, 0.1) is 12.5 Å². The third-order valence-corrected chi connectivity index (χ3v) is 3.80. The molecule has 2 unspecified atom stereocenters. The lowest BCUT2D eigenvalue weighted by atomic mass is 10.0. The number of hydrogen-bond acceptors (Lipinski definition) is 2. The van der Waals surface area contributed by atoms with Crippen molar-refractivity contribution in [3.63, 3.8) is 0 Å². The molecule has 4 heteroatoms. The molecule has 2 N–H and O–H groups in total. The summed E-state index contributed by atoms with van der Waals surface area (Å²) in [7, 11) is 0. The van der Waals surface area contributed by atoms with Crippen LogP contribution in [0.3, 0.4) is 0 Å². The molecular weight excluding hydrogens is 293 g/mol. The lowest BCUT2D eigenvalue weighted by Crippen LogP contribution is -2.36. The molecule has 0 aromatic heterocycles. The van der Waals surface area contributed by atoms with Crippen LogP contribution in [-0.2, 0) is 11.2 Å². The van der Waals surface area contributed by atoms with Crippen LogP contribution in [0.15, 0.2) is 54.6 Å². The zero-order chi connectivity index (χ0) is 16.7. The van der Waals surface area contributed by atoms with Crippen LogP contribution in [-0.4, -0.2) is 17.1 Å². The molecule has 0 radical (unpaired) electrons. The number of rotatable bonds is 7. The van der Waals surface area contributed by atoms with Crippen molar-refractivity contribution in [1.29, 1.82) is 0 Å². The topological polar surface area (TPSA) is 49.3 Å². The minimum Gasteiger partial charge on any atom is -0.388 e. The van der Waals surface area contributed by atoms with Gasteiger partial charge in [0.1, 0.15) is 5.82 Å². The molecule has 23 heavy (non-hydrogen) atoms. The second-order valence-corrected chi connectivity index (χ2v) is 5.64. The van der Waals surface area contributed by atoms with Crippen molar-refractivity contribution in [3.05, 3.63) is 71.5 Å². The Hall–Kier alpha value is -2.20. The molecule has 2 atom stereocenters. The van der Waals surface area contributed by atoms with Crippen LogP contribution >= 0.6 is 0 Å². The van der Waals surface area contributed by atoms with Gasteiger partial charge >= 0.3 is 0 Å². The van der Waals surface area contributed by atoms with Gasteiger partial charge in [-0.25, -0.2) is 4.39 Å². The van der Waals surface area contributed by atoms with E-state index in [1.165, 1.54) is 18.2 Å². The van der Waals surface area contributed by atoms with E-state index in [1.807, 2.05) is 37.3 Å². The fourth-order valence-electron chi connectivity index (χ4n) is 2.49. The van der Waals surface area contributed by atoms with E-state index in [9.17, 15) is 14.3 Å². The van der Waals surface area contributed by atoms with E-state index in [-0.39, 0.29) is 18.4 Å². The van der Waals surface area contributed by atoms with Crippen molar-refractivity contribution in [3.8, 4) is 0 Å². The molecule has 0 spiro atoms. The summed E-state index contributed by atoms with van der Waals surface area (Å²) in [6.45, 7) is 2.01. The number of carbonyl (C=O) groups excluding carboxylic acids is 1. The largest absolute Gasteiger partial charge is 0.388 e. The highest BCUT2D eigenvalue weighted by molar-refractivity contribution is 5.77. The molecule has 122 valence electrons. The average Bonchev–Trinajstić information content (AvgIpc) is 2.55. The zero-order valence-corrected chi connectivity index (χ0v) is 13.2. The van der Waals surface area contributed by atoms with E-state index in [2.05, 4.69) is 5.32 Å². The molecule has 1 amide bonds. The van der Waals surface area contributed by atoms with Gasteiger partial charge in [-0.15, -0.1) is 0 Å². The number of aliphatic hydroxyl groups is 1. The van der Waals surface area contributed by atoms with Gasteiger partial charge in [0.15, 0.2) is 0 Å². The Kier molecular flexibility index (Phi) is 6.29. The van der Waals surface area contributed by atoms with Crippen molar-refractivity contribution in [1.82, 2.24) is 5.32 Å². The van der Waals surface area contributed by atoms with E-state index < -0.39 is 11.9 Å². The second-order valence-electron chi connectivity index (χ2n) is 5.64. The number of carbonyl (C=O) groups is 1. The predicted octanol–water partition coefficient (Wildman–Crippen LogP) is 3.39. The third-order valence-electron chi connectivity index (χ3n) is 3.80. The fraction of sp³-hybridized carbons (Fsp3) is 0.316. The Balaban J connectivity index is 1.89. The third kappa shape index (κ3) is 5.49. The molecule has 0 saturated heterocycles. The van der Waals surface area contributed by atoms with Gasteiger partial charge in [0.2, 0.25) is 5.91 Å². The Morgan fingerprint density at radius 1 is 1.17 bits per heavy atom. The number of benzene rings is 2. The number of hydrogen-bond donors (Lipinski definition) is 2. The van der Waals surface area contributed by atoms with E-state index in [0.29, 0.717) is 5.56 Å². The van der Waals surface area contributed by atoms with Crippen LogP contribution in [0, 0.1) is 5.82 Å². The number of nitrogens with one attached hydrogen (secondary N) is 1. The Labute approximate surface area is 136 Å². The molecule has 0 aliphatic carbocycles. The van der Waals surface area contributed by atoms with Gasteiger partial charge < -0.3 is 10.4 Å². The maximum absolute atomic E-state index is 13.2. The quantitative estimate of drug-likeness (QED) is 0.823. The van der Waals surface area contributed by atoms with E-state index in [1.54, 1.807) is 6.07 Å². The van der Waals surface area contributed by atoms with E-state index in [4.69, 9.17) is 0 Å². The summed E-state index contributed by atoms with van der Waals surface area (Å²) in [5.41, 5.74) is 1.57. The van der Waals surface area contributed by atoms with Crippen LogP contribution < -0.4 is 5.32 Å². The van der Waals surface area contributed by atoms with Gasteiger partial charge in [-0.3, -0.25) is 4.79 Å². The molecule has 2 aromatic carbocycles. The van der Waals surface area contributed by atoms with Gasteiger partial charge in [-0.2, -0.15) is 0 Å². The molecule has 0 saturated carbocycles. The SMILES string of the molecule is CCC(Cc1ccccc1)NC(=O)CC(O)c1cccc(F)c1. The summed E-state index contributed by atoms with van der Waals surface area (Å²) in [6, 6.07) is 15.7. The lowest BCUT2D eigenvalue weighted by molar-refractivity contribution is -0.123. The number of amides is 1. The maximum Gasteiger partial charge on any atom is 0.223 e. The molecule has 0 aliphatic heterocycles. The van der Waals surface area contributed by atoms with Gasteiger partial charge in [0.25, 0.3) is 0 Å². The highest BCUT2D eigenvalue weighted by Crippen LogP contribution is 2.17. The minimum atomic E-state index is -1.00. The van der Waals surface area contributed by atoms with Crippen molar-refractivity contribution >= 4 is 5.91 Å². The van der Waals surface area contributed by atoms with Crippen LogP contribution in [0.4, 0.5) is 4.39 Å². The van der Waals surface area contributed by atoms with E-state index >= 15 is 0 Å². The molecular formula is C19H22FNO2. The summed E-state index contributed by atoms with van der Waals surface area (Å²) < 4.78 is 13.2. The van der Waals surface area contributed by atoms with Crippen LogP contribution in [0.1, 0.15) is 37.0 Å². The summed E-state index contributed by atoms with van der Waals surface area (Å²) >= 11 is 0. The van der Waals surface area contributed by atoms with Crippen LogP contribution in [0.25, 0.3) is 0 Å². The first kappa shape index (κ1) is 17.2. The summed E-state index contributed by atoms with van der Waals surface area (Å²) in [6.07, 6.45) is 0.477. The molecule has 2 aromatic rings. The van der Waals surface area contributed by atoms with Crippen molar-refractivity contribution < 1.29 is 14.3 Å². The van der Waals surface area contributed by atoms with Gasteiger partial charge in [0, 0.05) is 6.04 Å². The molecule has 2 rings (SSSR count). The van der Waals surface area contributed by atoms with Gasteiger partial charge in [-0.1, -0.05) is 49.4 Å². The Bertz CT molecular complexity index is 630. The fourth-order valence-corrected chi connectivity index (χ4v) is 2.49. The highest BCUT2D eigenvalue weighted by atomic mass is 19.1. The normalized spacial score (nSPS) is 13.3. The van der Waals surface area contributed by atoms with E-state index in [0.717, 1.165) is 18.4 Å². The maximum atomic E-state index is 13.2. The smallest absolute Gasteiger partial charge is 0.223 e. The first-order valence-corrected chi connectivity index (χ1v) is 7.85. The van der Waals surface area contributed by atoms with Crippen molar-refractivity contribution in [2.75, 3.05) is 0 Å². The zero-order valence-electron chi connectivity index (χ0n) is 13.2. The predicted molar refractivity (Wildman–Crippen MR) is 88.3 cm³/mol. The van der Waals surface area contributed by atoms with Crippen LogP contribution in [0.2, 0.25) is 0 Å². The second kappa shape index (κ2) is 8.44. The van der Waals surface area contributed by atoms with Gasteiger partial charge in [-0.05, 0) is 36.1 Å². The highest BCUT2D eigenvalue weighted by Gasteiger charge is 2.16. The van der Waals surface area contributed by atoms with Crippen molar-refractivity contribution in [2.45, 2.75) is 38.3 Å².